The molecular weight excluding hydrogens is 287 g/mol. The Morgan fingerprint density at radius 2 is 1.62 bits per heavy atom. The van der Waals surface area contributed by atoms with Gasteiger partial charge in [0.15, 0.2) is 0 Å². The molecule has 0 aliphatic heterocycles. The molecule has 16 heavy (non-hydrogen) atoms. The maximum atomic E-state index is 9.07. The Kier molecular flexibility index (Phi) is 11.1. The van der Waals surface area contributed by atoms with Gasteiger partial charge < -0.3 is 5.11 Å². The van der Waals surface area contributed by atoms with E-state index in [9.17, 15) is 0 Å². The van der Waals surface area contributed by atoms with Crippen molar-refractivity contribution in [3.05, 3.63) is 0 Å². The number of carboxylic acids is 1. The third kappa shape index (κ3) is 8.93. The van der Waals surface area contributed by atoms with Gasteiger partial charge in [-0.05, 0) is 0 Å². The first kappa shape index (κ1) is 18.0. The van der Waals surface area contributed by atoms with Gasteiger partial charge in [0.1, 0.15) is 0 Å². The zero-order valence-corrected chi connectivity index (χ0v) is 10.3. The van der Waals surface area contributed by atoms with E-state index in [1.54, 1.807) is 0 Å². The van der Waals surface area contributed by atoms with Crippen molar-refractivity contribution in [3.63, 3.8) is 0 Å². The Labute approximate surface area is 100 Å². The minimum absolute atomic E-state index is 0.668. The first-order valence-corrected chi connectivity index (χ1v) is 5.24. The average Bonchev–Trinajstić information content (AvgIpc) is 2.24. The Morgan fingerprint density at radius 3 is 1.88 bits per heavy atom. The van der Waals surface area contributed by atoms with Crippen molar-refractivity contribution in [2.24, 2.45) is 0 Å². The van der Waals surface area contributed by atoms with Gasteiger partial charge in [0, 0.05) is 6.92 Å². The summed E-state index contributed by atoms with van der Waals surface area (Å²) in [7, 11) is 0. The monoisotopic (exact) mass is 304 g/mol. The van der Waals surface area contributed by atoms with Crippen molar-refractivity contribution < 1.29 is 35.4 Å². The van der Waals surface area contributed by atoms with E-state index in [-0.39, 0.29) is 0 Å². The van der Waals surface area contributed by atoms with Gasteiger partial charge in [-0.2, -0.15) is 0 Å². The molecule has 0 amide bonds. The van der Waals surface area contributed by atoms with Crippen molar-refractivity contribution in [1.29, 1.82) is 0 Å². The first-order chi connectivity index (χ1) is 7.27. The maximum absolute atomic E-state index is 9.07. The summed E-state index contributed by atoms with van der Waals surface area (Å²) >= 11 is 2.34. The zero-order valence-electron chi connectivity index (χ0n) is 8.59. The third-order valence-electron chi connectivity index (χ3n) is 1.42. The van der Waals surface area contributed by atoms with Gasteiger partial charge in [-0.25, -0.2) is 0 Å². The predicted octanol–water partition coefficient (Wildman–Crippen LogP) is -3.52. The van der Waals surface area contributed by atoms with Crippen LogP contribution >= 0.6 is 0 Å². The van der Waals surface area contributed by atoms with E-state index in [4.69, 9.17) is 35.4 Å². The number of hydrogen-bond donors (Lipinski definition) is 6. The molecule has 0 aliphatic carbocycles. The van der Waals surface area contributed by atoms with Crippen LogP contribution < -0.4 is 0 Å². The second kappa shape index (κ2) is 9.86. The number of aliphatic carboxylic acids is 1. The van der Waals surface area contributed by atoms with Gasteiger partial charge >= 0.3 is 77.1 Å². The Hall–Kier alpha value is -0.341. The van der Waals surface area contributed by atoms with Crippen LogP contribution in [0.2, 0.25) is 0 Å². The van der Waals surface area contributed by atoms with Crippen LogP contribution in [0, 0.1) is 0 Å². The normalized spacial score (nSPS) is 17.4. The second-order valence-corrected chi connectivity index (χ2v) is 3.45. The quantitative estimate of drug-likeness (QED) is 0.290. The van der Waals surface area contributed by atoms with Crippen LogP contribution in [-0.4, -0.2) is 88.1 Å². The summed E-state index contributed by atoms with van der Waals surface area (Å²) in [5.41, 5.74) is 0. The SMILES string of the molecule is CC(=O)O.OCC(O)C(O)C(O)C(O)C=[Se]. The van der Waals surface area contributed by atoms with Gasteiger partial charge in [0.2, 0.25) is 0 Å². The Morgan fingerprint density at radius 1 is 1.25 bits per heavy atom. The fourth-order valence-electron chi connectivity index (χ4n) is 0.618. The number of aliphatic hydroxyl groups excluding tert-OH is 5. The Balaban J connectivity index is 0. The summed E-state index contributed by atoms with van der Waals surface area (Å²) in [6.45, 7) is 0.415. The molecule has 0 radical (unpaired) electrons. The first-order valence-electron chi connectivity index (χ1n) is 4.25. The minimum atomic E-state index is -1.56. The molecule has 7 nitrogen and oxygen atoms in total. The van der Waals surface area contributed by atoms with Crippen molar-refractivity contribution in [3.8, 4) is 0 Å². The van der Waals surface area contributed by atoms with E-state index in [1.807, 2.05) is 0 Å². The molecule has 4 atom stereocenters. The molecule has 0 fully saturated rings. The molecule has 0 bridgehead atoms. The molecule has 8 heteroatoms. The molecule has 0 aromatic heterocycles. The van der Waals surface area contributed by atoms with Crippen molar-refractivity contribution in [1.82, 2.24) is 0 Å². The van der Waals surface area contributed by atoms with Crippen molar-refractivity contribution in [2.45, 2.75) is 31.3 Å². The standard InChI is InChI=1S/C6H12O5Se.C2H4O2/c7-1-3(8)5(10)6(11)4(9)2-12;1-2(3)4/h2-11H,1H2;1H3,(H,3,4). The number of carbonyl (C=O) groups is 1. The summed E-state index contributed by atoms with van der Waals surface area (Å²) in [6.07, 6.45) is -5.78. The van der Waals surface area contributed by atoms with Crippen LogP contribution in [-0.2, 0) is 4.79 Å². The molecule has 0 saturated carbocycles. The molecule has 0 aliphatic rings. The fraction of sp³-hybridized carbons (Fsp3) is 0.750. The molecular formula is C8H16O7Se. The van der Waals surface area contributed by atoms with Crippen LogP contribution in [0.4, 0.5) is 0 Å². The zero-order chi connectivity index (χ0) is 13.3. The fourth-order valence-corrected chi connectivity index (χ4v) is 0.956. The average molecular weight is 303 g/mol. The topological polar surface area (TPSA) is 138 Å². The Bertz CT molecular complexity index is 207. The summed E-state index contributed by atoms with van der Waals surface area (Å²) in [5, 5.41) is 51.7. The van der Waals surface area contributed by atoms with Crippen LogP contribution in [0.1, 0.15) is 6.92 Å². The van der Waals surface area contributed by atoms with Gasteiger partial charge in [-0.3, -0.25) is 4.79 Å². The van der Waals surface area contributed by atoms with Crippen molar-refractivity contribution >= 4 is 26.5 Å². The molecule has 4 unspecified atom stereocenters. The van der Waals surface area contributed by atoms with Gasteiger partial charge in [0.25, 0.3) is 5.97 Å². The van der Waals surface area contributed by atoms with Crippen LogP contribution in [0.3, 0.4) is 0 Å². The molecule has 0 saturated heterocycles. The van der Waals surface area contributed by atoms with E-state index in [0.29, 0.717) is 0 Å². The molecule has 0 aromatic carbocycles. The van der Waals surface area contributed by atoms with E-state index in [2.05, 4.69) is 15.6 Å². The third-order valence-corrected chi connectivity index (χ3v) is 2.01. The molecule has 0 aromatic rings. The molecule has 96 valence electrons. The molecule has 0 heterocycles. The predicted molar refractivity (Wildman–Crippen MR) is 56.2 cm³/mol. The number of hydrogen-bond acceptors (Lipinski definition) is 6. The number of rotatable bonds is 5. The van der Waals surface area contributed by atoms with E-state index < -0.39 is 37.0 Å². The van der Waals surface area contributed by atoms with E-state index >= 15 is 0 Å². The van der Waals surface area contributed by atoms with Gasteiger partial charge in [0.05, 0.1) is 0 Å². The van der Waals surface area contributed by atoms with E-state index in [0.717, 1.165) is 11.8 Å². The molecule has 0 rings (SSSR count). The van der Waals surface area contributed by atoms with Gasteiger partial charge in [-0.1, -0.05) is 0 Å². The summed E-state index contributed by atoms with van der Waals surface area (Å²) in [6, 6.07) is 0. The molecule has 6 N–H and O–H groups in total. The van der Waals surface area contributed by atoms with E-state index in [1.165, 1.54) is 0 Å². The number of carboxylic acid groups (broad SMARTS) is 1. The summed E-state index contributed by atoms with van der Waals surface area (Å²) in [5.74, 6) is -0.833. The van der Waals surface area contributed by atoms with Crippen LogP contribution in [0.15, 0.2) is 0 Å². The summed E-state index contributed by atoms with van der Waals surface area (Å²) < 4.78 is 0. The van der Waals surface area contributed by atoms with Crippen LogP contribution in [0.5, 0.6) is 0 Å². The van der Waals surface area contributed by atoms with Crippen molar-refractivity contribution in [2.75, 3.05) is 6.61 Å². The van der Waals surface area contributed by atoms with Gasteiger partial charge in [-0.15, -0.1) is 0 Å². The second-order valence-electron chi connectivity index (χ2n) is 2.88. The van der Waals surface area contributed by atoms with Crippen LogP contribution in [0.25, 0.3) is 0 Å². The number of aliphatic hydroxyl groups is 5. The summed E-state index contributed by atoms with van der Waals surface area (Å²) in [4.78, 5) is 10.2. The molecule has 0 spiro atoms.